The molecular weight excluding hydrogens is 705 g/mol. The normalized spacial score (nSPS) is 17.1. The molecule has 4 nitrogen and oxygen atoms in total. The van der Waals surface area contributed by atoms with Crippen LogP contribution in [0.1, 0.15) is 24.8 Å². The molecule has 1 aromatic heterocycles. The second kappa shape index (κ2) is 14.1. The van der Waals surface area contributed by atoms with Gasteiger partial charge in [0.1, 0.15) is 0 Å². The Morgan fingerprint density at radius 1 is 0.448 bits per heavy atom. The topological polar surface area (TPSA) is 41.9 Å². The molecule has 0 saturated heterocycles. The van der Waals surface area contributed by atoms with E-state index in [0.29, 0.717) is 35.4 Å². The Morgan fingerprint density at radius 2 is 0.948 bits per heavy atom. The van der Waals surface area contributed by atoms with Gasteiger partial charge in [-0.05, 0) is 80.6 Å². The molecule has 0 bridgehead atoms. The van der Waals surface area contributed by atoms with Gasteiger partial charge in [0.15, 0.2) is 17.5 Å². The lowest BCUT2D eigenvalue weighted by Crippen LogP contribution is -2.32. The van der Waals surface area contributed by atoms with Crippen molar-refractivity contribution in [2.75, 3.05) is 4.90 Å². The Bertz CT molecular complexity index is 2990. The zero-order valence-corrected chi connectivity index (χ0v) is 32.2. The van der Waals surface area contributed by atoms with Crippen LogP contribution in [0.2, 0.25) is 0 Å². The van der Waals surface area contributed by atoms with E-state index in [-0.39, 0.29) is 0 Å². The SMILES string of the molecule is CC1CC=CC2C1c1ccc3ccccc3c1N2c1ccc(-c2ccc(-c3nc(-c4ccccc4)nc(-c4ccc5cc(-c6ccccc6)ccc5c4)n3)cc2)cc1. The predicted octanol–water partition coefficient (Wildman–Crippen LogP) is 13.7. The van der Waals surface area contributed by atoms with E-state index in [9.17, 15) is 0 Å². The molecule has 58 heavy (non-hydrogen) atoms. The molecule has 9 aromatic rings. The smallest absolute Gasteiger partial charge is 0.164 e. The number of fused-ring (bicyclic) bond motifs is 6. The van der Waals surface area contributed by atoms with Gasteiger partial charge in [0, 0.05) is 33.7 Å². The van der Waals surface area contributed by atoms with Crippen LogP contribution in [0.3, 0.4) is 0 Å². The lowest BCUT2D eigenvalue weighted by atomic mass is 9.78. The van der Waals surface area contributed by atoms with E-state index < -0.39 is 0 Å². The zero-order chi connectivity index (χ0) is 38.6. The number of hydrogen-bond acceptors (Lipinski definition) is 4. The zero-order valence-electron chi connectivity index (χ0n) is 32.2. The summed E-state index contributed by atoms with van der Waals surface area (Å²) in [7, 11) is 0. The molecule has 2 heterocycles. The molecule has 8 aromatic carbocycles. The van der Waals surface area contributed by atoms with Gasteiger partial charge in [-0.25, -0.2) is 15.0 Å². The Morgan fingerprint density at radius 3 is 1.66 bits per heavy atom. The van der Waals surface area contributed by atoms with Crippen LogP contribution in [0.25, 0.3) is 78.0 Å². The van der Waals surface area contributed by atoms with Gasteiger partial charge in [-0.3, -0.25) is 0 Å². The highest BCUT2D eigenvalue weighted by Gasteiger charge is 2.42. The maximum absolute atomic E-state index is 5.07. The van der Waals surface area contributed by atoms with E-state index in [1.54, 1.807) is 0 Å². The van der Waals surface area contributed by atoms with Crippen LogP contribution >= 0.6 is 0 Å². The van der Waals surface area contributed by atoms with Gasteiger partial charge >= 0.3 is 0 Å². The molecule has 276 valence electrons. The molecule has 2 aliphatic rings. The molecule has 0 amide bonds. The van der Waals surface area contributed by atoms with Crippen molar-refractivity contribution in [3.8, 4) is 56.4 Å². The summed E-state index contributed by atoms with van der Waals surface area (Å²) >= 11 is 0. The maximum atomic E-state index is 5.07. The third kappa shape index (κ3) is 5.97. The molecule has 4 heteroatoms. The molecule has 0 spiro atoms. The molecule has 0 fully saturated rings. The minimum absolute atomic E-state index is 0.308. The van der Waals surface area contributed by atoms with E-state index in [2.05, 4.69) is 188 Å². The first-order valence-electron chi connectivity index (χ1n) is 20.2. The fourth-order valence-corrected chi connectivity index (χ4v) is 9.20. The fourth-order valence-electron chi connectivity index (χ4n) is 9.20. The van der Waals surface area contributed by atoms with Crippen molar-refractivity contribution in [3.05, 3.63) is 200 Å². The van der Waals surface area contributed by atoms with Crippen molar-refractivity contribution in [2.24, 2.45) is 5.92 Å². The minimum Gasteiger partial charge on any atom is -0.333 e. The number of benzene rings is 8. The average molecular weight is 745 g/mol. The molecule has 3 unspecified atom stereocenters. The number of nitrogens with zero attached hydrogens (tertiary/aromatic N) is 4. The van der Waals surface area contributed by atoms with Gasteiger partial charge in [0.2, 0.25) is 0 Å². The summed E-state index contributed by atoms with van der Waals surface area (Å²) in [5.41, 5.74) is 11.6. The molecule has 0 radical (unpaired) electrons. The Labute approximate surface area is 338 Å². The van der Waals surface area contributed by atoms with E-state index in [4.69, 9.17) is 15.0 Å². The quantitative estimate of drug-likeness (QED) is 0.159. The minimum atomic E-state index is 0.308. The fraction of sp³-hybridized carbons (Fsp3) is 0.0926. The Balaban J connectivity index is 0.921. The number of aromatic nitrogens is 3. The third-order valence-electron chi connectivity index (χ3n) is 12.1. The van der Waals surface area contributed by atoms with Crippen molar-refractivity contribution in [1.82, 2.24) is 15.0 Å². The number of hydrogen-bond donors (Lipinski definition) is 0. The summed E-state index contributed by atoms with van der Waals surface area (Å²) in [6.45, 7) is 2.40. The van der Waals surface area contributed by atoms with Crippen molar-refractivity contribution in [1.29, 1.82) is 0 Å². The van der Waals surface area contributed by atoms with Crippen molar-refractivity contribution in [3.63, 3.8) is 0 Å². The molecule has 0 N–H and O–H groups in total. The van der Waals surface area contributed by atoms with E-state index in [0.717, 1.165) is 34.1 Å². The number of rotatable bonds is 6. The summed E-state index contributed by atoms with van der Waals surface area (Å²) in [5.74, 6) is 3.01. The van der Waals surface area contributed by atoms with Gasteiger partial charge in [0.25, 0.3) is 0 Å². The van der Waals surface area contributed by atoms with E-state index in [1.165, 1.54) is 49.8 Å². The van der Waals surface area contributed by atoms with Crippen LogP contribution in [0, 0.1) is 5.92 Å². The molecule has 1 aliphatic carbocycles. The Kier molecular flexibility index (Phi) is 8.29. The molecule has 0 saturated carbocycles. The standard InChI is InChI=1S/C54H40N4/c1-35-11-10-18-49-50(35)48-32-29-39-14-8-9-17-47(39)51(48)58(49)46-30-27-38(28-31-46)37-19-21-41(22-20-37)53-55-52(40-15-6-3-7-16-40)56-54(57-53)45-26-25-43-33-42(23-24-44(43)34-45)36-12-4-2-5-13-36/h2-10,12-35,49-50H,11H2,1H3. The summed E-state index contributed by atoms with van der Waals surface area (Å²) in [4.78, 5) is 17.7. The molecule has 11 rings (SSSR count). The third-order valence-corrected chi connectivity index (χ3v) is 12.1. The molecule has 1 aliphatic heterocycles. The second-order valence-corrected chi connectivity index (χ2v) is 15.7. The van der Waals surface area contributed by atoms with Gasteiger partial charge < -0.3 is 4.90 Å². The van der Waals surface area contributed by atoms with Gasteiger partial charge in [-0.1, -0.05) is 177 Å². The van der Waals surface area contributed by atoms with Crippen LogP contribution in [0.5, 0.6) is 0 Å². The number of anilines is 2. The summed E-state index contributed by atoms with van der Waals surface area (Å²) in [5, 5.41) is 4.93. The lowest BCUT2D eigenvalue weighted by molar-refractivity contribution is 0.429. The van der Waals surface area contributed by atoms with Crippen LogP contribution in [-0.4, -0.2) is 21.0 Å². The van der Waals surface area contributed by atoms with Gasteiger partial charge in [-0.2, -0.15) is 0 Å². The molecule has 3 atom stereocenters. The largest absolute Gasteiger partial charge is 0.333 e. The van der Waals surface area contributed by atoms with Gasteiger partial charge in [-0.15, -0.1) is 0 Å². The maximum Gasteiger partial charge on any atom is 0.164 e. The first-order valence-corrected chi connectivity index (χ1v) is 20.2. The first kappa shape index (κ1) is 34.1. The van der Waals surface area contributed by atoms with Crippen LogP contribution in [0.4, 0.5) is 11.4 Å². The highest BCUT2D eigenvalue weighted by Crippen LogP contribution is 2.53. The average Bonchev–Trinajstić information content (AvgIpc) is 3.65. The summed E-state index contributed by atoms with van der Waals surface area (Å²) in [6.07, 6.45) is 5.93. The van der Waals surface area contributed by atoms with E-state index >= 15 is 0 Å². The second-order valence-electron chi connectivity index (χ2n) is 15.7. The Hall–Kier alpha value is -7.17. The van der Waals surface area contributed by atoms with Crippen LogP contribution in [-0.2, 0) is 0 Å². The van der Waals surface area contributed by atoms with E-state index in [1.807, 2.05) is 18.2 Å². The lowest BCUT2D eigenvalue weighted by Gasteiger charge is -2.33. The molecular formula is C54H40N4. The van der Waals surface area contributed by atoms with Crippen molar-refractivity contribution >= 4 is 32.9 Å². The summed E-state index contributed by atoms with van der Waals surface area (Å²) < 4.78 is 0. The van der Waals surface area contributed by atoms with Crippen LogP contribution in [0.15, 0.2) is 194 Å². The highest BCUT2D eigenvalue weighted by atomic mass is 15.2. The monoisotopic (exact) mass is 744 g/mol. The van der Waals surface area contributed by atoms with Crippen LogP contribution < -0.4 is 4.90 Å². The predicted molar refractivity (Wildman–Crippen MR) is 240 cm³/mol. The first-order chi connectivity index (χ1) is 28.6. The highest BCUT2D eigenvalue weighted by molar-refractivity contribution is 6.00. The van der Waals surface area contributed by atoms with Crippen molar-refractivity contribution in [2.45, 2.75) is 25.3 Å². The summed E-state index contributed by atoms with van der Waals surface area (Å²) in [6, 6.07) is 65.3. The van der Waals surface area contributed by atoms with Gasteiger partial charge in [0.05, 0.1) is 11.7 Å². The van der Waals surface area contributed by atoms with Crippen molar-refractivity contribution < 1.29 is 0 Å². The number of allylic oxidation sites excluding steroid dienone is 1.